The SMILES string of the molecule is Cc1cc(OCC(=O)Nc2ccc(S(=O)(=O)Nc3nccs3)cc2)c(C(C)C)cc1Br. The molecule has 1 heterocycles. The summed E-state index contributed by atoms with van der Waals surface area (Å²) < 4.78 is 33.9. The van der Waals surface area contributed by atoms with Crippen LogP contribution in [0.25, 0.3) is 0 Å². The van der Waals surface area contributed by atoms with Gasteiger partial charge in [0, 0.05) is 21.7 Å². The predicted molar refractivity (Wildman–Crippen MR) is 126 cm³/mol. The number of ether oxygens (including phenoxy) is 1. The van der Waals surface area contributed by atoms with Crippen molar-refractivity contribution in [3.8, 4) is 5.75 Å². The molecule has 0 saturated carbocycles. The highest BCUT2D eigenvalue weighted by Gasteiger charge is 2.16. The van der Waals surface area contributed by atoms with E-state index in [1.807, 2.05) is 19.1 Å². The Labute approximate surface area is 194 Å². The van der Waals surface area contributed by atoms with Gasteiger partial charge in [0.05, 0.1) is 4.90 Å². The Morgan fingerprint density at radius 1 is 1.23 bits per heavy atom. The third kappa shape index (κ3) is 6.05. The lowest BCUT2D eigenvalue weighted by molar-refractivity contribution is -0.118. The number of carbonyl (C=O) groups is 1. The van der Waals surface area contributed by atoms with Gasteiger partial charge in [-0.05, 0) is 60.4 Å². The summed E-state index contributed by atoms with van der Waals surface area (Å²) in [5.41, 5.74) is 2.49. The summed E-state index contributed by atoms with van der Waals surface area (Å²) in [5.74, 6) is 0.565. The molecule has 0 saturated heterocycles. The molecule has 3 aromatic rings. The molecular weight excluding hydrogens is 502 g/mol. The van der Waals surface area contributed by atoms with E-state index in [0.29, 0.717) is 16.6 Å². The maximum absolute atomic E-state index is 12.4. The molecule has 0 fully saturated rings. The van der Waals surface area contributed by atoms with E-state index in [-0.39, 0.29) is 23.3 Å². The van der Waals surface area contributed by atoms with Gasteiger partial charge in [0.2, 0.25) is 0 Å². The number of benzene rings is 2. The van der Waals surface area contributed by atoms with Crippen LogP contribution in [0.4, 0.5) is 10.8 Å². The Morgan fingerprint density at radius 2 is 1.94 bits per heavy atom. The molecule has 7 nitrogen and oxygen atoms in total. The van der Waals surface area contributed by atoms with Gasteiger partial charge in [0.25, 0.3) is 15.9 Å². The number of nitrogens with one attached hydrogen (secondary N) is 2. The van der Waals surface area contributed by atoms with Gasteiger partial charge >= 0.3 is 0 Å². The van der Waals surface area contributed by atoms with Crippen molar-refractivity contribution in [1.82, 2.24) is 4.98 Å². The number of hydrogen-bond acceptors (Lipinski definition) is 6. The van der Waals surface area contributed by atoms with Crippen molar-refractivity contribution in [2.24, 2.45) is 0 Å². The van der Waals surface area contributed by atoms with E-state index in [9.17, 15) is 13.2 Å². The molecule has 0 atom stereocenters. The normalized spacial score (nSPS) is 11.4. The maximum Gasteiger partial charge on any atom is 0.263 e. The Kier molecular flexibility index (Phi) is 7.34. The van der Waals surface area contributed by atoms with Gasteiger partial charge in [-0.2, -0.15) is 0 Å². The van der Waals surface area contributed by atoms with Crippen LogP contribution in [0.1, 0.15) is 30.9 Å². The van der Waals surface area contributed by atoms with Crippen LogP contribution in [0.5, 0.6) is 5.75 Å². The molecule has 0 aliphatic carbocycles. The molecule has 0 bridgehead atoms. The predicted octanol–water partition coefficient (Wildman–Crippen LogP) is 5.16. The third-order valence-electron chi connectivity index (χ3n) is 4.37. The second kappa shape index (κ2) is 9.80. The summed E-state index contributed by atoms with van der Waals surface area (Å²) in [5, 5.41) is 4.68. The van der Waals surface area contributed by atoms with Crippen molar-refractivity contribution in [1.29, 1.82) is 0 Å². The molecular formula is C21H22BrN3O4S2. The van der Waals surface area contributed by atoms with Crippen LogP contribution >= 0.6 is 27.3 Å². The number of aromatic nitrogens is 1. The number of thiazole rings is 1. The molecule has 31 heavy (non-hydrogen) atoms. The number of nitrogens with zero attached hydrogens (tertiary/aromatic N) is 1. The molecule has 1 aromatic heterocycles. The first kappa shape index (κ1) is 23.2. The molecule has 3 rings (SSSR count). The van der Waals surface area contributed by atoms with Gasteiger partial charge in [-0.25, -0.2) is 13.4 Å². The summed E-state index contributed by atoms with van der Waals surface area (Å²) in [7, 11) is -3.74. The Bertz CT molecular complexity index is 1160. The number of carbonyl (C=O) groups excluding carboxylic acids is 1. The fraction of sp³-hybridized carbons (Fsp3) is 0.238. The second-order valence-electron chi connectivity index (χ2n) is 7.10. The summed E-state index contributed by atoms with van der Waals surface area (Å²) in [6.07, 6.45) is 1.52. The topological polar surface area (TPSA) is 97.4 Å². The zero-order valence-electron chi connectivity index (χ0n) is 17.2. The van der Waals surface area contributed by atoms with Crippen molar-refractivity contribution in [3.05, 3.63) is 63.6 Å². The molecule has 0 radical (unpaired) electrons. The van der Waals surface area contributed by atoms with Gasteiger partial charge in [-0.3, -0.25) is 9.52 Å². The molecule has 2 aromatic carbocycles. The Hall–Kier alpha value is -2.43. The highest BCUT2D eigenvalue weighted by Crippen LogP contribution is 2.32. The lowest BCUT2D eigenvalue weighted by Crippen LogP contribution is -2.21. The van der Waals surface area contributed by atoms with Crippen LogP contribution in [-0.2, 0) is 14.8 Å². The van der Waals surface area contributed by atoms with E-state index in [0.717, 1.165) is 15.6 Å². The van der Waals surface area contributed by atoms with Crippen LogP contribution in [-0.4, -0.2) is 25.9 Å². The van der Waals surface area contributed by atoms with Crippen molar-refractivity contribution < 1.29 is 17.9 Å². The standard InChI is InChI=1S/C21H22BrN3O4S2/c1-13(2)17-11-18(22)14(3)10-19(17)29-12-20(26)24-15-4-6-16(7-5-15)31(27,28)25-21-23-8-9-30-21/h4-11,13H,12H2,1-3H3,(H,23,25)(H,24,26). The van der Waals surface area contributed by atoms with Crippen molar-refractivity contribution >= 4 is 54.0 Å². The summed E-state index contributed by atoms with van der Waals surface area (Å²) >= 11 is 4.71. The highest BCUT2D eigenvalue weighted by atomic mass is 79.9. The third-order valence-corrected chi connectivity index (χ3v) is 7.40. The van der Waals surface area contributed by atoms with E-state index >= 15 is 0 Å². The molecule has 0 aliphatic heterocycles. The first-order chi connectivity index (χ1) is 14.7. The number of hydrogen-bond donors (Lipinski definition) is 2. The van der Waals surface area contributed by atoms with Crippen LogP contribution in [0.15, 0.2) is 57.3 Å². The number of halogens is 1. The minimum atomic E-state index is -3.74. The Balaban J connectivity index is 1.62. The zero-order valence-corrected chi connectivity index (χ0v) is 20.4. The van der Waals surface area contributed by atoms with Gasteiger partial charge in [-0.15, -0.1) is 11.3 Å². The van der Waals surface area contributed by atoms with Gasteiger partial charge < -0.3 is 10.1 Å². The molecule has 0 spiro atoms. The quantitative estimate of drug-likeness (QED) is 0.425. The van der Waals surface area contributed by atoms with Gasteiger partial charge in [-0.1, -0.05) is 29.8 Å². The number of rotatable bonds is 8. The zero-order chi connectivity index (χ0) is 22.6. The first-order valence-electron chi connectivity index (χ1n) is 9.41. The average molecular weight is 524 g/mol. The van der Waals surface area contributed by atoms with Crippen LogP contribution in [0.3, 0.4) is 0 Å². The highest BCUT2D eigenvalue weighted by molar-refractivity contribution is 9.10. The first-order valence-corrected chi connectivity index (χ1v) is 12.6. The second-order valence-corrected chi connectivity index (χ2v) is 10.5. The molecule has 1 amide bonds. The monoisotopic (exact) mass is 523 g/mol. The van der Waals surface area contributed by atoms with Crippen molar-refractivity contribution in [3.63, 3.8) is 0 Å². The summed E-state index contributed by atoms with van der Waals surface area (Å²) in [6, 6.07) is 9.80. The van der Waals surface area contributed by atoms with Gasteiger partial charge in [0.15, 0.2) is 11.7 Å². The average Bonchev–Trinajstić information content (AvgIpc) is 3.21. The van der Waals surface area contributed by atoms with E-state index in [1.165, 1.54) is 41.8 Å². The van der Waals surface area contributed by atoms with E-state index < -0.39 is 10.0 Å². The van der Waals surface area contributed by atoms with Crippen LogP contribution in [0.2, 0.25) is 0 Å². The fourth-order valence-electron chi connectivity index (χ4n) is 2.75. The van der Waals surface area contributed by atoms with Crippen molar-refractivity contribution in [2.45, 2.75) is 31.6 Å². The molecule has 2 N–H and O–H groups in total. The summed E-state index contributed by atoms with van der Waals surface area (Å²) in [6.45, 7) is 5.92. The number of aryl methyl sites for hydroxylation is 1. The molecule has 164 valence electrons. The number of sulfonamides is 1. The maximum atomic E-state index is 12.4. The Morgan fingerprint density at radius 3 is 2.55 bits per heavy atom. The minimum absolute atomic E-state index is 0.0730. The summed E-state index contributed by atoms with van der Waals surface area (Å²) in [4.78, 5) is 16.3. The minimum Gasteiger partial charge on any atom is -0.483 e. The fourth-order valence-corrected chi connectivity index (χ4v) is 4.90. The lowest BCUT2D eigenvalue weighted by atomic mass is 10.0. The van der Waals surface area contributed by atoms with Crippen LogP contribution in [0, 0.1) is 6.92 Å². The molecule has 0 unspecified atom stereocenters. The molecule has 10 heteroatoms. The largest absolute Gasteiger partial charge is 0.483 e. The van der Waals surface area contributed by atoms with Crippen molar-refractivity contribution in [2.75, 3.05) is 16.6 Å². The van der Waals surface area contributed by atoms with Gasteiger partial charge in [0.1, 0.15) is 5.75 Å². The number of anilines is 2. The number of amides is 1. The lowest BCUT2D eigenvalue weighted by Gasteiger charge is -2.16. The van der Waals surface area contributed by atoms with E-state index in [1.54, 1.807) is 5.38 Å². The smallest absolute Gasteiger partial charge is 0.263 e. The van der Waals surface area contributed by atoms with Crippen LogP contribution < -0.4 is 14.8 Å². The molecule has 0 aliphatic rings. The van der Waals surface area contributed by atoms with E-state index in [2.05, 4.69) is 44.8 Å². The van der Waals surface area contributed by atoms with E-state index in [4.69, 9.17) is 4.74 Å².